The number of halogens is 2. The summed E-state index contributed by atoms with van der Waals surface area (Å²) >= 11 is 0. The molecular formula is C17H25F2N. The second-order valence-electron chi connectivity index (χ2n) is 6.27. The van der Waals surface area contributed by atoms with E-state index in [1.807, 2.05) is 0 Å². The maximum atomic E-state index is 14.2. The minimum atomic E-state index is -0.357. The van der Waals surface area contributed by atoms with E-state index in [9.17, 15) is 8.78 Å². The summed E-state index contributed by atoms with van der Waals surface area (Å²) in [5.74, 6) is -0.657. The van der Waals surface area contributed by atoms with Crippen molar-refractivity contribution in [1.29, 1.82) is 0 Å². The molecule has 0 aromatic heterocycles. The van der Waals surface area contributed by atoms with E-state index in [0.29, 0.717) is 5.56 Å². The highest BCUT2D eigenvalue weighted by Crippen LogP contribution is 2.46. The van der Waals surface area contributed by atoms with Gasteiger partial charge in [-0.3, -0.25) is 0 Å². The van der Waals surface area contributed by atoms with Crippen LogP contribution in [0.15, 0.2) is 18.2 Å². The van der Waals surface area contributed by atoms with Crippen LogP contribution in [0.2, 0.25) is 0 Å². The molecule has 1 aliphatic carbocycles. The van der Waals surface area contributed by atoms with Crippen molar-refractivity contribution >= 4 is 0 Å². The highest BCUT2D eigenvalue weighted by Gasteiger charge is 2.37. The fraction of sp³-hybridized carbons (Fsp3) is 0.647. The summed E-state index contributed by atoms with van der Waals surface area (Å²) < 4.78 is 27.7. The first-order chi connectivity index (χ1) is 9.57. The monoisotopic (exact) mass is 281 g/mol. The molecule has 0 saturated heterocycles. The molecule has 1 atom stereocenters. The van der Waals surface area contributed by atoms with Crippen molar-refractivity contribution in [1.82, 2.24) is 5.32 Å². The van der Waals surface area contributed by atoms with Crippen LogP contribution in [-0.4, -0.2) is 6.54 Å². The lowest BCUT2D eigenvalue weighted by Crippen LogP contribution is -2.38. The third-order valence-corrected chi connectivity index (χ3v) is 4.56. The zero-order valence-corrected chi connectivity index (χ0v) is 12.5. The summed E-state index contributed by atoms with van der Waals surface area (Å²) in [4.78, 5) is 0. The van der Waals surface area contributed by atoms with Gasteiger partial charge in [0.05, 0.1) is 0 Å². The zero-order valence-electron chi connectivity index (χ0n) is 12.5. The van der Waals surface area contributed by atoms with E-state index in [4.69, 9.17) is 0 Å². The molecule has 1 aromatic rings. The molecule has 1 unspecified atom stereocenters. The van der Waals surface area contributed by atoms with Gasteiger partial charge in [-0.1, -0.05) is 33.1 Å². The Hall–Kier alpha value is -0.960. The molecule has 3 heteroatoms. The Balaban J connectivity index is 2.33. The molecule has 2 rings (SSSR count). The largest absolute Gasteiger partial charge is 0.309 e. The lowest BCUT2D eigenvalue weighted by atomic mass is 9.68. The van der Waals surface area contributed by atoms with Crippen LogP contribution < -0.4 is 5.32 Å². The van der Waals surface area contributed by atoms with Crippen LogP contribution in [-0.2, 0) is 0 Å². The average Bonchev–Trinajstić information content (AvgIpc) is 2.43. The molecule has 0 aliphatic heterocycles. The normalized spacial score (nSPS) is 19.8. The topological polar surface area (TPSA) is 12.0 Å². The van der Waals surface area contributed by atoms with Crippen molar-refractivity contribution in [2.24, 2.45) is 5.41 Å². The van der Waals surface area contributed by atoms with Gasteiger partial charge in [0, 0.05) is 11.6 Å². The molecule has 0 heterocycles. The predicted octanol–water partition coefficient (Wildman–Crippen LogP) is 4.98. The van der Waals surface area contributed by atoms with Gasteiger partial charge in [-0.25, -0.2) is 8.78 Å². The van der Waals surface area contributed by atoms with Crippen LogP contribution in [0.25, 0.3) is 0 Å². The molecule has 1 aliphatic rings. The van der Waals surface area contributed by atoms with Gasteiger partial charge in [0.1, 0.15) is 11.6 Å². The first-order valence-electron chi connectivity index (χ1n) is 7.75. The van der Waals surface area contributed by atoms with E-state index >= 15 is 0 Å². The van der Waals surface area contributed by atoms with Gasteiger partial charge in [0.2, 0.25) is 0 Å². The Labute approximate surface area is 120 Å². The Kier molecular flexibility index (Phi) is 5.14. The lowest BCUT2D eigenvalue weighted by Gasteiger charge is -2.41. The molecule has 1 fully saturated rings. The average molecular weight is 281 g/mol. The van der Waals surface area contributed by atoms with E-state index in [1.165, 1.54) is 37.5 Å². The van der Waals surface area contributed by atoms with Gasteiger partial charge >= 0.3 is 0 Å². The summed E-state index contributed by atoms with van der Waals surface area (Å²) in [6.07, 6.45) is 6.75. The highest BCUT2D eigenvalue weighted by molar-refractivity contribution is 5.24. The van der Waals surface area contributed by atoms with Crippen molar-refractivity contribution in [3.8, 4) is 0 Å². The summed E-state index contributed by atoms with van der Waals surface area (Å²) in [6, 6.07) is 3.71. The first kappa shape index (κ1) is 15.4. The van der Waals surface area contributed by atoms with Crippen molar-refractivity contribution in [3.05, 3.63) is 35.4 Å². The quantitative estimate of drug-likeness (QED) is 0.803. The van der Waals surface area contributed by atoms with E-state index in [1.54, 1.807) is 0 Å². The third kappa shape index (κ3) is 3.38. The molecule has 1 saturated carbocycles. The van der Waals surface area contributed by atoms with Gasteiger partial charge in [-0.2, -0.15) is 0 Å². The van der Waals surface area contributed by atoms with E-state index in [0.717, 1.165) is 25.8 Å². The minimum Gasteiger partial charge on any atom is -0.309 e. The molecule has 112 valence electrons. The van der Waals surface area contributed by atoms with Crippen molar-refractivity contribution < 1.29 is 8.78 Å². The van der Waals surface area contributed by atoms with Crippen LogP contribution in [0.5, 0.6) is 0 Å². The number of benzene rings is 1. The van der Waals surface area contributed by atoms with Crippen LogP contribution >= 0.6 is 0 Å². The van der Waals surface area contributed by atoms with E-state index in [-0.39, 0.29) is 23.1 Å². The molecule has 0 spiro atoms. The van der Waals surface area contributed by atoms with Gasteiger partial charge in [0.25, 0.3) is 0 Å². The van der Waals surface area contributed by atoms with Gasteiger partial charge in [-0.05, 0) is 49.4 Å². The predicted molar refractivity (Wildman–Crippen MR) is 78.6 cm³/mol. The highest BCUT2D eigenvalue weighted by atomic mass is 19.1. The maximum absolute atomic E-state index is 14.2. The van der Waals surface area contributed by atoms with Gasteiger partial charge < -0.3 is 5.32 Å². The van der Waals surface area contributed by atoms with Crippen molar-refractivity contribution in [2.45, 2.75) is 58.4 Å². The van der Waals surface area contributed by atoms with Crippen molar-refractivity contribution in [3.63, 3.8) is 0 Å². The van der Waals surface area contributed by atoms with E-state index in [2.05, 4.69) is 19.2 Å². The molecular weight excluding hydrogens is 256 g/mol. The molecule has 0 bridgehead atoms. The second kappa shape index (κ2) is 6.66. The van der Waals surface area contributed by atoms with Crippen LogP contribution in [0, 0.1) is 17.0 Å². The SMILES string of the molecule is CCCNC(c1cc(F)ccc1F)C1(C)CCCCC1. The Morgan fingerprint density at radius 2 is 1.90 bits per heavy atom. The Morgan fingerprint density at radius 3 is 2.55 bits per heavy atom. The molecule has 0 amide bonds. The first-order valence-corrected chi connectivity index (χ1v) is 7.75. The summed E-state index contributed by atoms with van der Waals surface area (Å²) in [6.45, 7) is 5.13. The molecule has 20 heavy (non-hydrogen) atoms. The fourth-order valence-corrected chi connectivity index (χ4v) is 3.40. The summed E-state index contributed by atoms with van der Waals surface area (Å²) in [5.41, 5.74) is 0.505. The Bertz CT molecular complexity index is 439. The summed E-state index contributed by atoms with van der Waals surface area (Å²) in [5, 5.41) is 3.46. The summed E-state index contributed by atoms with van der Waals surface area (Å²) in [7, 11) is 0. The number of rotatable bonds is 5. The fourth-order valence-electron chi connectivity index (χ4n) is 3.40. The van der Waals surface area contributed by atoms with Gasteiger partial charge in [0.15, 0.2) is 0 Å². The number of hydrogen-bond donors (Lipinski definition) is 1. The van der Waals surface area contributed by atoms with Crippen LogP contribution in [0.3, 0.4) is 0 Å². The van der Waals surface area contributed by atoms with Crippen LogP contribution in [0.4, 0.5) is 8.78 Å². The Morgan fingerprint density at radius 1 is 1.20 bits per heavy atom. The molecule has 1 nitrogen and oxygen atoms in total. The number of nitrogens with one attached hydrogen (secondary N) is 1. The van der Waals surface area contributed by atoms with Crippen LogP contribution in [0.1, 0.15) is 64.0 Å². The standard InChI is InChI=1S/C17H25F2N/c1-3-11-20-16(17(2)9-5-4-6-10-17)14-12-13(18)7-8-15(14)19/h7-8,12,16,20H,3-6,9-11H2,1-2H3. The van der Waals surface area contributed by atoms with Gasteiger partial charge in [-0.15, -0.1) is 0 Å². The second-order valence-corrected chi connectivity index (χ2v) is 6.27. The molecule has 0 radical (unpaired) electrons. The number of hydrogen-bond acceptors (Lipinski definition) is 1. The lowest BCUT2D eigenvalue weighted by molar-refractivity contribution is 0.142. The zero-order chi connectivity index (χ0) is 14.6. The molecule has 1 aromatic carbocycles. The van der Waals surface area contributed by atoms with Crippen molar-refractivity contribution in [2.75, 3.05) is 6.54 Å². The third-order valence-electron chi connectivity index (χ3n) is 4.56. The molecule has 1 N–H and O–H groups in total. The van der Waals surface area contributed by atoms with E-state index < -0.39 is 0 Å². The minimum absolute atomic E-state index is 0.0159. The maximum Gasteiger partial charge on any atom is 0.128 e. The smallest absolute Gasteiger partial charge is 0.128 e.